The van der Waals surface area contributed by atoms with E-state index in [1.807, 2.05) is 12.1 Å². The monoisotopic (exact) mass is 241 g/mol. The first-order valence-corrected chi connectivity index (χ1v) is 5.68. The molecule has 0 bridgehead atoms. The lowest BCUT2D eigenvalue weighted by Crippen LogP contribution is -1.98. The van der Waals surface area contributed by atoms with Gasteiger partial charge in [-0.2, -0.15) is 0 Å². The van der Waals surface area contributed by atoms with Gasteiger partial charge in [0, 0.05) is 5.69 Å². The predicted molar refractivity (Wildman–Crippen MR) is 73.9 cm³/mol. The molecular formula is C14H15N3O. The van der Waals surface area contributed by atoms with Crippen LogP contribution in [0.3, 0.4) is 0 Å². The summed E-state index contributed by atoms with van der Waals surface area (Å²) in [7, 11) is 0. The van der Waals surface area contributed by atoms with E-state index in [1.165, 1.54) is 11.8 Å². The summed E-state index contributed by atoms with van der Waals surface area (Å²) in [6.45, 7) is 2.54. The fourth-order valence-corrected chi connectivity index (χ4v) is 1.54. The molecule has 92 valence electrons. The second-order valence-electron chi connectivity index (χ2n) is 3.90. The SMILES string of the molecule is Cc1cccc(NCN=Cc2ccc(C=N)o2)c1. The molecule has 0 amide bonds. The van der Waals surface area contributed by atoms with Crippen LogP contribution in [0.2, 0.25) is 0 Å². The normalized spacial score (nSPS) is 10.7. The van der Waals surface area contributed by atoms with Crippen LogP contribution in [-0.2, 0) is 0 Å². The van der Waals surface area contributed by atoms with Gasteiger partial charge in [-0.05, 0) is 36.8 Å². The van der Waals surface area contributed by atoms with Gasteiger partial charge in [-0.3, -0.25) is 4.99 Å². The predicted octanol–water partition coefficient (Wildman–Crippen LogP) is 3.07. The summed E-state index contributed by atoms with van der Waals surface area (Å²) in [4.78, 5) is 4.21. The molecule has 1 heterocycles. The van der Waals surface area contributed by atoms with E-state index in [0.29, 0.717) is 18.2 Å². The number of rotatable bonds is 5. The van der Waals surface area contributed by atoms with Crippen molar-refractivity contribution in [2.45, 2.75) is 6.92 Å². The highest BCUT2D eigenvalue weighted by molar-refractivity contribution is 5.79. The molecule has 0 spiro atoms. The van der Waals surface area contributed by atoms with Gasteiger partial charge in [-0.15, -0.1) is 0 Å². The van der Waals surface area contributed by atoms with Gasteiger partial charge in [0.15, 0.2) is 0 Å². The lowest BCUT2D eigenvalue weighted by Gasteiger charge is -2.03. The zero-order chi connectivity index (χ0) is 12.8. The van der Waals surface area contributed by atoms with Gasteiger partial charge in [-0.25, -0.2) is 0 Å². The lowest BCUT2D eigenvalue weighted by atomic mass is 10.2. The summed E-state index contributed by atoms with van der Waals surface area (Å²) in [6, 6.07) is 11.7. The Morgan fingerprint density at radius 1 is 1.28 bits per heavy atom. The summed E-state index contributed by atoms with van der Waals surface area (Å²) in [5, 5.41) is 10.2. The first-order chi connectivity index (χ1) is 8.78. The molecule has 0 fully saturated rings. The smallest absolute Gasteiger partial charge is 0.145 e. The van der Waals surface area contributed by atoms with Crippen LogP contribution >= 0.6 is 0 Å². The summed E-state index contributed by atoms with van der Waals surface area (Å²) in [5.41, 5.74) is 2.26. The summed E-state index contributed by atoms with van der Waals surface area (Å²) in [5.74, 6) is 1.18. The number of hydrogen-bond acceptors (Lipinski definition) is 4. The van der Waals surface area contributed by atoms with Gasteiger partial charge < -0.3 is 15.1 Å². The molecule has 0 saturated heterocycles. The van der Waals surface area contributed by atoms with Crippen molar-refractivity contribution in [2.24, 2.45) is 4.99 Å². The van der Waals surface area contributed by atoms with E-state index in [2.05, 4.69) is 29.4 Å². The molecule has 4 nitrogen and oxygen atoms in total. The summed E-state index contributed by atoms with van der Waals surface area (Å²) < 4.78 is 5.28. The van der Waals surface area contributed by atoms with Crippen molar-refractivity contribution in [1.82, 2.24) is 0 Å². The second kappa shape index (κ2) is 5.82. The molecule has 0 aliphatic heterocycles. The van der Waals surface area contributed by atoms with Crippen LogP contribution in [0.15, 0.2) is 45.8 Å². The zero-order valence-corrected chi connectivity index (χ0v) is 10.2. The molecule has 2 rings (SSSR count). The Bertz CT molecular complexity index is 558. The summed E-state index contributed by atoms with van der Waals surface area (Å²) in [6.07, 6.45) is 2.82. The fourth-order valence-electron chi connectivity index (χ4n) is 1.54. The van der Waals surface area contributed by atoms with E-state index in [9.17, 15) is 0 Å². The van der Waals surface area contributed by atoms with Gasteiger partial charge in [-0.1, -0.05) is 12.1 Å². The molecule has 2 aromatic rings. The number of aryl methyl sites for hydroxylation is 1. The molecule has 0 unspecified atom stereocenters. The van der Waals surface area contributed by atoms with Crippen LogP contribution < -0.4 is 5.32 Å². The van der Waals surface area contributed by atoms with E-state index < -0.39 is 0 Å². The minimum absolute atomic E-state index is 0.490. The Kier molecular flexibility index (Phi) is 3.91. The van der Waals surface area contributed by atoms with Crippen LogP contribution in [0.5, 0.6) is 0 Å². The first-order valence-electron chi connectivity index (χ1n) is 5.68. The Morgan fingerprint density at radius 3 is 2.83 bits per heavy atom. The molecule has 0 aliphatic carbocycles. The molecule has 2 N–H and O–H groups in total. The van der Waals surface area contributed by atoms with Crippen LogP contribution in [0, 0.1) is 12.3 Å². The summed E-state index contributed by atoms with van der Waals surface area (Å²) >= 11 is 0. The number of nitrogens with one attached hydrogen (secondary N) is 2. The molecule has 18 heavy (non-hydrogen) atoms. The number of furan rings is 1. The quantitative estimate of drug-likeness (QED) is 0.790. The van der Waals surface area contributed by atoms with E-state index in [0.717, 1.165) is 5.69 Å². The average molecular weight is 241 g/mol. The number of aliphatic imine (C=N–C) groups is 1. The van der Waals surface area contributed by atoms with Gasteiger partial charge in [0.2, 0.25) is 0 Å². The molecule has 1 aromatic carbocycles. The van der Waals surface area contributed by atoms with Crippen molar-refractivity contribution in [1.29, 1.82) is 5.41 Å². The maximum absolute atomic E-state index is 7.03. The third-order valence-corrected chi connectivity index (χ3v) is 2.40. The van der Waals surface area contributed by atoms with Crippen molar-refractivity contribution in [3.05, 3.63) is 53.5 Å². The van der Waals surface area contributed by atoms with Gasteiger partial charge in [0.25, 0.3) is 0 Å². The maximum atomic E-state index is 7.03. The van der Waals surface area contributed by atoms with Crippen molar-refractivity contribution < 1.29 is 4.42 Å². The van der Waals surface area contributed by atoms with Crippen molar-refractivity contribution in [2.75, 3.05) is 12.0 Å². The highest BCUT2D eigenvalue weighted by Gasteiger charge is 1.95. The highest BCUT2D eigenvalue weighted by atomic mass is 16.3. The standard InChI is InChI=1S/C14H15N3O/c1-11-3-2-4-12(7-11)17-10-16-9-14-6-5-13(8-15)18-14/h2-9,15,17H,10H2,1H3. The Labute approximate surface area is 106 Å². The first kappa shape index (κ1) is 12.1. The van der Waals surface area contributed by atoms with Crippen LogP contribution in [-0.4, -0.2) is 19.1 Å². The molecule has 0 saturated carbocycles. The van der Waals surface area contributed by atoms with Crippen LogP contribution in [0.25, 0.3) is 0 Å². The number of benzene rings is 1. The van der Waals surface area contributed by atoms with E-state index in [-0.39, 0.29) is 0 Å². The Balaban J connectivity index is 1.86. The van der Waals surface area contributed by atoms with Gasteiger partial charge >= 0.3 is 0 Å². The van der Waals surface area contributed by atoms with E-state index in [1.54, 1.807) is 18.3 Å². The van der Waals surface area contributed by atoms with Crippen LogP contribution in [0.1, 0.15) is 17.1 Å². The lowest BCUT2D eigenvalue weighted by molar-refractivity contribution is 0.553. The minimum Gasteiger partial charge on any atom is -0.454 e. The molecule has 0 aliphatic rings. The third-order valence-electron chi connectivity index (χ3n) is 2.40. The Morgan fingerprint density at radius 2 is 2.11 bits per heavy atom. The number of anilines is 1. The van der Waals surface area contributed by atoms with Crippen molar-refractivity contribution in [3.8, 4) is 0 Å². The molecule has 0 radical (unpaired) electrons. The second-order valence-corrected chi connectivity index (χ2v) is 3.90. The highest BCUT2D eigenvalue weighted by Crippen LogP contribution is 2.09. The number of nitrogens with zero attached hydrogens (tertiary/aromatic N) is 1. The van der Waals surface area contributed by atoms with Crippen LogP contribution in [0.4, 0.5) is 5.69 Å². The average Bonchev–Trinajstić information content (AvgIpc) is 2.83. The molecule has 0 atom stereocenters. The Hall–Kier alpha value is -2.36. The number of hydrogen-bond donors (Lipinski definition) is 2. The van der Waals surface area contributed by atoms with Gasteiger partial charge in [0.05, 0.1) is 12.4 Å². The molecule has 4 heteroatoms. The largest absolute Gasteiger partial charge is 0.454 e. The maximum Gasteiger partial charge on any atom is 0.145 e. The van der Waals surface area contributed by atoms with E-state index in [4.69, 9.17) is 9.83 Å². The topological polar surface area (TPSA) is 61.4 Å². The van der Waals surface area contributed by atoms with Crippen molar-refractivity contribution in [3.63, 3.8) is 0 Å². The third kappa shape index (κ3) is 3.31. The minimum atomic E-state index is 0.490. The van der Waals surface area contributed by atoms with Crippen molar-refractivity contribution >= 4 is 18.1 Å². The fraction of sp³-hybridized carbons (Fsp3) is 0.143. The van der Waals surface area contributed by atoms with Gasteiger partial charge in [0.1, 0.15) is 18.2 Å². The molecule has 1 aromatic heterocycles. The zero-order valence-electron chi connectivity index (χ0n) is 10.2. The molecular weight excluding hydrogens is 226 g/mol. The van der Waals surface area contributed by atoms with E-state index >= 15 is 0 Å².